The maximum atomic E-state index is 11.9. The van der Waals surface area contributed by atoms with Gasteiger partial charge in [-0.3, -0.25) is 14.9 Å². The summed E-state index contributed by atoms with van der Waals surface area (Å²) < 4.78 is 0. The molecule has 0 aliphatic carbocycles. The van der Waals surface area contributed by atoms with Crippen LogP contribution in [0.5, 0.6) is 0 Å². The van der Waals surface area contributed by atoms with E-state index in [1.165, 1.54) is 12.3 Å². The smallest absolute Gasteiger partial charge is 0.287 e. The highest BCUT2D eigenvalue weighted by molar-refractivity contribution is 5.94. The van der Waals surface area contributed by atoms with E-state index in [1.807, 2.05) is 19.1 Å². The average Bonchev–Trinajstić information content (AvgIpc) is 2.53. The minimum Gasteiger partial charge on any atom is -0.368 e. The fraction of sp³-hybridized carbons (Fsp3) is 0.250. The van der Waals surface area contributed by atoms with Crippen molar-refractivity contribution in [1.29, 1.82) is 0 Å². The minimum absolute atomic E-state index is 0.0410. The molecule has 7 heteroatoms. The van der Waals surface area contributed by atoms with Crippen molar-refractivity contribution in [3.05, 3.63) is 63.3 Å². The van der Waals surface area contributed by atoms with Crippen LogP contribution in [-0.2, 0) is 0 Å². The van der Waals surface area contributed by atoms with Crippen LogP contribution in [0.3, 0.4) is 0 Å². The number of aromatic nitrogens is 1. The molecule has 1 aromatic heterocycles. The van der Waals surface area contributed by atoms with Gasteiger partial charge in [-0.25, -0.2) is 4.98 Å². The lowest BCUT2D eigenvalue weighted by atomic mass is 10.1. The quantitative estimate of drug-likeness (QED) is 0.485. The lowest BCUT2D eigenvalue weighted by molar-refractivity contribution is -0.385. The highest BCUT2D eigenvalue weighted by Crippen LogP contribution is 2.17. The van der Waals surface area contributed by atoms with Crippen LogP contribution < -0.4 is 10.6 Å². The van der Waals surface area contributed by atoms with Crippen molar-refractivity contribution < 1.29 is 9.72 Å². The molecule has 0 saturated heterocycles. The Labute approximate surface area is 133 Å². The van der Waals surface area contributed by atoms with Gasteiger partial charge in [0, 0.05) is 24.7 Å². The zero-order chi connectivity index (χ0) is 16.8. The Bertz CT molecular complexity index is 714. The standard InChI is InChI=1S/C16H18N4O3/c1-11-3-5-13(6-4-11)16(21)18-8-7-17-15-12(2)9-14(10-19-15)20(22)23/h3-6,9-10H,7-8H2,1-2H3,(H,17,19)(H,18,21). The molecule has 0 saturated carbocycles. The number of carbonyl (C=O) groups excluding carboxylic acids is 1. The molecule has 1 amide bonds. The van der Waals surface area contributed by atoms with Gasteiger partial charge < -0.3 is 10.6 Å². The zero-order valence-electron chi connectivity index (χ0n) is 13.0. The number of rotatable bonds is 6. The number of aryl methyl sites for hydroxylation is 2. The van der Waals surface area contributed by atoms with E-state index in [9.17, 15) is 14.9 Å². The first kappa shape index (κ1) is 16.4. The molecule has 0 aliphatic rings. The molecule has 0 bridgehead atoms. The molecule has 1 heterocycles. The molecule has 7 nitrogen and oxygen atoms in total. The average molecular weight is 314 g/mol. The van der Waals surface area contributed by atoms with E-state index in [-0.39, 0.29) is 11.6 Å². The fourth-order valence-electron chi connectivity index (χ4n) is 2.01. The Morgan fingerprint density at radius 3 is 2.52 bits per heavy atom. The van der Waals surface area contributed by atoms with Crippen LogP contribution in [0.4, 0.5) is 11.5 Å². The van der Waals surface area contributed by atoms with Gasteiger partial charge in [0.2, 0.25) is 0 Å². The number of anilines is 1. The first-order valence-corrected chi connectivity index (χ1v) is 7.17. The third-order valence-corrected chi connectivity index (χ3v) is 3.29. The van der Waals surface area contributed by atoms with E-state index < -0.39 is 4.92 Å². The van der Waals surface area contributed by atoms with E-state index >= 15 is 0 Å². The van der Waals surface area contributed by atoms with Crippen molar-refractivity contribution in [1.82, 2.24) is 10.3 Å². The molecular formula is C16H18N4O3. The van der Waals surface area contributed by atoms with E-state index in [2.05, 4.69) is 15.6 Å². The molecule has 0 radical (unpaired) electrons. The Balaban J connectivity index is 1.82. The van der Waals surface area contributed by atoms with Crippen LogP contribution in [0, 0.1) is 24.0 Å². The SMILES string of the molecule is Cc1ccc(C(=O)NCCNc2ncc([N+](=O)[O-])cc2C)cc1. The number of hydrogen-bond donors (Lipinski definition) is 2. The van der Waals surface area contributed by atoms with Crippen LogP contribution in [0.1, 0.15) is 21.5 Å². The van der Waals surface area contributed by atoms with E-state index in [0.717, 1.165) is 5.56 Å². The number of nitrogens with one attached hydrogen (secondary N) is 2. The lowest BCUT2D eigenvalue weighted by Gasteiger charge is -2.09. The summed E-state index contributed by atoms with van der Waals surface area (Å²) in [6, 6.07) is 8.79. The molecule has 2 N–H and O–H groups in total. The number of nitro groups is 1. The normalized spacial score (nSPS) is 10.2. The summed E-state index contributed by atoms with van der Waals surface area (Å²) in [4.78, 5) is 26.1. The van der Waals surface area contributed by atoms with Crippen molar-refractivity contribution in [2.75, 3.05) is 18.4 Å². The number of hydrogen-bond acceptors (Lipinski definition) is 5. The molecule has 2 rings (SSSR count). The number of amides is 1. The second-order valence-electron chi connectivity index (χ2n) is 5.16. The Morgan fingerprint density at radius 1 is 1.22 bits per heavy atom. The Kier molecular flexibility index (Phi) is 5.24. The molecule has 0 unspecified atom stereocenters. The summed E-state index contributed by atoms with van der Waals surface area (Å²) in [5.74, 6) is 0.431. The van der Waals surface area contributed by atoms with Crippen molar-refractivity contribution in [2.45, 2.75) is 13.8 Å². The van der Waals surface area contributed by atoms with Gasteiger partial charge >= 0.3 is 0 Å². The van der Waals surface area contributed by atoms with Crippen molar-refractivity contribution in [3.63, 3.8) is 0 Å². The number of pyridine rings is 1. The van der Waals surface area contributed by atoms with E-state index in [0.29, 0.717) is 30.0 Å². The van der Waals surface area contributed by atoms with Gasteiger partial charge in [-0.05, 0) is 31.5 Å². The van der Waals surface area contributed by atoms with Crippen LogP contribution in [0.25, 0.3) is 0 Å². The van der Waals surface area contributed by atoms with E-state index in [4.69, 9.17) is 0 Å². The first-order chi connectivity index (χ1) is 11.0. The largest absolute Gasteiger partial charge is 0.368 e. The molecule has 120 valence electrons. The lowest BCUT2D eigenvalue weighted by Crippen LogP contribution is -2.29. The van der Waals surface area contributed by atoms with Gasteiger partial charge in [-0.1, -0.05) is 17.7 Å². The van der Waals surface area contributed by atoms with Gasteiger partial charge in [0.1, 0.15) is 12.0 Å². The molecule has 0 atom stereocenters. The summed E-state index contributed by atoms with van der Waals surface area (Å²) in [5, 5.41) is 16.5. The van der Waals surface area contributed by atoms with Gasteiger partial charge in [0.15, 0.2) is 0 Å². The highest BCUT2D eigenvalue weighted by Gasteiger charge is 2.09. The second kappa shape index (κ2) is 7.35. The van der Waals surface area contributed by atoms with Gasteiger partial charge in [0.25, 0.3) is 11.6 Å². The van der Waals surface area contributed by atoms with Crippen LogP contribution in [0.2, 0.25) is 0 Å². The van der Waals surface area contributed by atoms with Crippen LogP contribution >= 0.6 is 0 Å². The maximum absolute atomic E-state index is 11.9. The predicted octanol–water partition coefficient (Wildman–Crippen LogP) is 2.45. The molecule has 1 aromatic carbocycles. The summed E-state index contributed by atoms with van der Waals surface area (Å²) in [5.41, 5.74) is 2.35. The van der Waals surface area contributed by atoms with Crippen molar-refractivity contribution in [3.8, 4) is 0 Å². The molecule has 0 fully saturated rings. The monoisotopic (exact) mass is 314 g/mol. The third kappa shape index (κ3) is 4.50. The highest BCUT2D eigenvalue weighted by atomic mass is 16.6. The van der Waals surface area contributed by atoms with Crippen LogP contribution in [-0.4, -0.2) is 28.9 Å². The zero-order valence-corrected chi connectivity index (χ0v) is 13.0. The summed E-state index contributed by atoms with van der Waals surface area (Å²) in [7, 11) is 0. The van der Waals surface area contributed by atoms with Gasteiger partial charge in [-0.15, -0.1) is 0 Å². The second-order valence-corrected chi connectivity index (χ2v) is 5.16. The summed E-state index contributed by atoms with van der Waals surface area (Å²) in [6.07, 6.45) is 1.21. The molecule has 23 heavy (non-hydrogen) atoms. The molecular weight excluding hydrogens is 296 g/mol. The number of carbonyl (C=O) groups is 1. The summed E-state index contributed by atoms with van der Waals surface area (Å²) in [6.45, 7) is 4.60. The van der Waals surface area contributed by atoms with Gasteiger partial charge in [0.05, 0.1) is 4.92 Å². The fourth-order valence-corrected chi connectivity index (χ4v) is 2.01. The van der Waals surface area contributed by atoms with E-state index in [1.54, 1.807) is 19.1 Å². The Morgan fingerprint density at radius 2 is 1.91 bits per heavy atom. The predicted molar refractivity (Wildman–Crippen MR) is 87.6 cm³/mol. The minimum atomic E-state index is -0.481. The van der Waals surface area contributed by atoms with Crippen molar-refractivity contribution >= 4 is 17.4 Å². The maximum Gasteiger partial charge on any atom is 0.287 e. The van der Waals surface area contributed by atoms with Crippen LogP contribution in [0.15, 0.2) is 36.5 Å². The summed E-state index contributed by atoms with van der Waals surface area (Å²) >= 11 is 0. The third-order valence-electron chi connectivity index (χ3n) is 3.29. The topological polar surface area (TPSA) is 97.2 Å². The molecule has 0 aliphatic heterocycles. The number of nitrogens with zero attached hydrogens (tertiary/aromatic N) is 2. The van der Waals surface area contributed by atoms with Gasteiger partial charge in [-0.2, -0.15) is 0 Å². The van der Waals surface area contributed by atoms with Crippen molar-refractivity contribution in [2.24, 2.45) is 0 Å². The Hall–Kier alpha value is -2.96. The number of benzene rings is 1. The first-order valence-electron chi connectivity index (χ1n) is 7.17. The molecule has 2 aromatic rings. The molecule has 0 spiro atoms.